The fourth-order valence-corrected chi connectivity index (χ4v) is 3.29. The molecule has 0 unspecified atom stereocenters. The Kier molecular flexibility index (Phi) is 2.52. The minimum atomic E-state index is -1.08. The van der Waals surface area contributed by atoms with Crippen LogP contribution >= 0.6 is 0 Å². The van der Waals surface area contributed by atoms with Crippen LogP contribution in [-0.4, -0.2) is 53.6 Å². The zero-order chi connectivity index (χ0) is 14.8. The van der Waals surface area contributed by atoms with E-state index in [0.29, 0.717) is 24.0 Å². The first kappa shape index (κ1) is 12.9. The SMILES string of the molecule is Nc1ncnc2c1ncn2[C@@H]1O[C@]2(C[C@H](N)C2)[C@@H](O)[C@H]1O. The highest BCUT2D eigenvalue weighted by Crippen LogP contribution is 2.48. The Morgan fingerprint density at radius 1 is 1.29 bits per heavy atom. The lowest BCUT2D eigenvalue weighted by Gasteiger charge is -2.44. The smallest absolute Gasteiger partial charge is 0.167 e. The molecule has 9 heteroatoms. The monoisotopic (exact) mass is 292 g/mol. The Hall–Kier alpha value is -1.81. The third-order valence-corrected chi connectivity index (χ3v) is 4.39. The zero-order valence-corrected chi connectivity index (χ0v) is 11.1. The molecular weight excluding hydrogens is 276 g/mol. The van der Waals surface area contributed by atoms with Crippen molar-refractivity contribution in [1.29, 1.82) is 0 Å². The number of anilines is 1. The lowest BCUT2D eigenvalue weighted by atomic mass is 9.72. The Morgan fingerprint density at radius 2 is 2.05 bits per heavy atom. The number of hydrogen-bond donors (Lipinski definition) is 4. The Balaban J connectivity index is 1.74. The highest BCUT2D eigenvalue weighted by molar-refractivity contribution is 5.81. The summed E-state index contributed by atoms with van der Waals surface area (Å²) in [7, 11) is 0. The summed E-state index contributed by atoms with van der Waals surface area (Å²) in [6.07, 6.45) is 1.00. The summed E-state index contributed by atoms with van der Waals surface area (Å²) < 4.78 is 7.48. The number of hydrogen-bond acceptors (Lipinski definition) is 8. The van der Waals surface area contributed by atoms with Gasteiger partial charge in [0.2, 0.25) is 0 Å². The van der Waals surface area contributed by atoms with Crippen LogP contribution in [0.3, 0.4) is 0 Å². The summed E-state index contributed by atoms with van der Waals surface area (Å²) in [6, 6.07) is -0.0110. The molecule has 3 heterocycles. The molecule has 0 radical (unpaired) electrons. The van der Waals surface area contributed by atoms with Gasteiger partial charge in [0.25, 0.3) is 0 Å². The molecule has 2 fully saturated rings. The third-order valence-electron chi connectivity index (χ3n) is 4.39. The summed E-state index contributed by atoms with van der Waals surface area (Å²) in [5, 5.41) is 20.6. The lowest BCUT2D eigenvalue weighted by Crippen LogP contribution is -2.58. The van der Waals surface area contributed by atoms with Crippen LogP contribution in [0.1, 0.15) is 19.1 Å². The number of nitrogens with two attached hydrogens (primary N) is 2. The molecule has 0 amide bonds. The van der Waals surface area contributed by atoms with E-state index in [1.54, 1.807) is 4.57 Å². The first-order chi connectivity index (χ1) is 10.0. The van der Waals surface area contributed by atoms with Crippen LogP contribution in [0.5, 0.6) is 0 Å². The molecule has 1 saturated heterocycles. The molecule has 0 bridgehead atoms. The number of nitrogen functional groups attached to an aromatic ring is 1. The molecule has 9 nitrogen and oxygen atoms in total. The number of fused-ring (bicyclic) bond motifs is 1. The van der Waals surface area contributed by atoms with Gasteiger partial charge in [-0.05, 0) is 12.8 Å². The van der Waals surface area contributed by atoms with Crippen molar-refractivity contribution in [1.82, 2.24) is 19.5 Å². The minimum absolute atomic E-state index is 0.0110. The maximum Gasteiger partial charge on any atom is 0.167 e. The molecule has 2 aromatic rings. The second-order valence-electron chi connectivity index (χ2n) is 5.76. The van der Waals surface area contributed by atoms with Gasteiger partial charge >= 0.3 is 0 Å². The summed E-state index contributed by atoms with van der Waals surface area (Å²) >= 11 is 0. The van der Waals surface area contributed by atoms with Gasteiger partial charge in [-0.2, -0.15) is 0 Å². The van der Waals surface area contributed by atoms with Crippen LogP contribution < -0.4 is 11.5 Å². The van der Waals surface area contributed by atoms with Crippen LogP contribution in [0, 0.1) is 0 Å². The minimum Gasteiger partial charge on any atom is -0.387 e. The van der Waals surface area contributed by atoms with E-state index < -0.39 is 24.0 Å². The Labute approximate surface area is 119 Å². The van der Waals surface area contributed by atoms with Crippen molar-refractivity contribution in [2.45, 2.75) is 42.9 Å². The van der Waals surface area contributed by atoms with E-state index in [9.17, 15) is 10.2 Å². The van der Waals surface area contributed by atoms with Gasteiger partial charge in [-0.25, -0.2) is 15.0 Å². The quantitative estimate of drug-likeness (QED) is 0.498. The Bertz CT molecular complexity index is 697. The van der Waals surface area contributed by atoms with E-state index in [-0.39, 0.29) is 11.9 Å². The number of aliphatic hydroxyl groups excluding tert-OH is 2. The highest BCUT2D eigenvalue weighted by Gasteiger charge is 2.60. The summed E-state index contributed by atoms with van der Waals surface area (Å²) in [6.45, 7) is 0. The van der Waals surface area contributed by atoms with E-state index in [1.807, 2.05) is 0 Å². The summed E-state index contributed by atoms with van der Waals surface area (Å²) in [5.41, 5.74) is 11.6. The number of rotatable bonds is 1. The van der Waals surface area contributed by atoms with E-state index in [2.05, 4.69) is 15.0 Å². The van der Waals surface area contributed by atoms with Gasteiger partial charge in [-0.3, -0.25) is 4.57 Å². The van der Waals surface area contributed by atoms with Gasteiger partial charge < -0.3 is 26.4 Å². The number of aliphatic hydroxyl groups is 2. The molecule has 2 aromatic heterocycles. The zero-order valence-electron chi connectivity index (χ0n) is 11.1. The molecule has 2 aliphatic rings. The van der Waals surface area contributed by atoms with E-state index in [1.165, 1.54) is 12.7 Å². The average molecular weight is 292 g/mol. The van der Waals surface area contributed by atoms with Crippen molar-refractivity contribution in [3.05, 3.63) is 12.7 Å². The number of ether oxygens (including phenoxy) is 1. The fourth-order valence-electron chi connectivity index (χ4n) is 3.29. The van der Waals surface area contributed by atoms with Crippen molar-refractivity contribution in [2.24, 2.45) is 5.73 Å². The highest BCUT2D eigenvalue weighted by atomic mass is 16.6. The molecule has 4 rings (SSSR count). The number of imidazole rings is 1. The molecule has 6 N–H and O–H groups in total. The maximum atomic E-state index is 10.3. The Morgan fingerprint density at radius 3 is 2.76 bits per heavy atom. The third kappa shape index (κ3) is 1.62. The summed E-state index contributed by atoms with van der Waals surface area (Å²) in [5.74, 6) is 0.257. The standard InChI is InChI=1S/C12H16N6O3/c13-5-1-12(2-5)8(20)7(19)11(21-12)18-4-17-6-9(14)15-3-16-10(6)18/h3-5,7-8,11,19-20H,1-2,13H2,(H2,14,15,16)/t5-,7-,8+,11-,12-/m1/s1. The average Bonchev–Trinajstić information content (AvgIpc) is 2.95. The second kappa shape index (κ2) is 4.10. The molecule has 112 valence electrons. The van der Waals surface area contributed by atoms with Gasteiger partial charge in [-0.1, -0.05) is 0 Å². The molecule has 21 heavy (non-hydrogen) atoms. The molecular formula is C12H16N6O3. The van der Waals surface area contributed by atoms with Gasteiger partial charge in [0.05, 0.1) is 6.33 Å². The predicted octanol–water partition coefficient (Wildman–Crippen LogP) is -1.48. The van der Waals surface area contributed by atoms with E-state index >= 15 is 0 Å². The van der Waals surface area contributed by atoms with Crippen molar-refractivity contribution < 1.29 is 14.9 Å². The molecule has 1 spiro atoms. The van der Waals surface area contributed by atoms with Crippen LogP contribution in [0.2, 0.25) is 0 Å². The van der Waals surface area contributed by atoms with Crippen LogP contribution in [0.4, 0.5) is 5.82 Å². The van der Waals surface area contributed by atoms with Gasteiger partial charge in [0.15, 0.2) is 17.7 Å². The first-order valence-electron chi connectivity index (χ1n) is 6.74. The molecule has 1 saturated carbocycles. The maximum absolute atomic E-state index is 10.3. The van der Waals surface area contributed by atoms with Gasteiger partial charge in [0.1, 0.15) is 29.7 Å². The van der Waals surface area contributed by atoms with Crippen molar-refractivity contribution in [2.75, 3.05) is 5.73 Å². The van der Waals surface area contributed by atoms with Crippen LogP contribution in [0.25, 0.3) is 11.2 Å². The topological polar surface area (TPSA) is 145 Å². The molecule has 1 aliphatic heterocycles. The largest absolute Gasteiger partial charge is 0.387 e. The first-order valence-corrected chi connectivity index (χ1v) is 6.74. The fraction of sp³-hybridized carbons (Fsp3) is 0.583. The predicted molar refractivity (Wildman–Crippen MR) is 71.8 cm³/mol. The normalized spacial score (nSPS) is 39.0. The molecule has 0 aromatic carbocycles. The molecule has 1 aliphatic carbocycles. The van der Waals surface area contributed by atoms with Crippen LogP contribution in [0.15, 0.2) is 12.7 Å². The molecule has 3 atom stereocenters. The lowest BCUT2D eigenvalue weighted by molar-refractivity contribution is -0.153. The number of aromatic nitrogens is 4. The van der Waals surface area contributed by atoms with E-state index in [4.69, 9.17) is 16.2 Å². The van der Waals surface area contributed by atoms with Gasteiger partial charge in [-0.15, -0.1) is 0 Å². The second-order valence-corrected chi connectivity index (χ2v) is 5.76. The number of nitrogens with zero attached hydrogens (tertiary/aromatic N) is 4. The van der Waals surface area contributed by atoms with Crippen molar-refractivity contribution >= 4 is 17.0 Å². The van der Waals surface area contributed by atoms with Gasteiger partial charge in [0, 0.05) is 6.04 Å². The van der Waals surface area contributed by atoms with Crippen LogP contribution in [-0.2, 0) is 4.74 Å². The van der Waals surface area contributed by atoms with Crippen molar-refractivity contribution in [3.63, 3.8) is 0 Å². The van der Waals surface area contributed by atoms with Crippen molar-refractivity contribution in [3.8, 4) is 0 Å². The summed E-state index contributed by atoms with van der Waals surface area (Å²) in [4.78, 5) is 12.1. The van der Waals surface area contributed by atoms with E-state index in [0.717, 1.165) is 0 Å².